The fraction of sp³-hybridized carbons (Fsp3) is 0.929. The second kappa shape index (κ2) is 7.74. The minimum atomic E-state index is -0.458. The largest absolute Gasteiger partial charge is 0.466 e. The fourth-order valence-corrected chi connectivity index (χ4v) is 2.27. The first-order valence-corrected chi connectivity index (χ1v) is 7.14. The molecule has 0 aromatic heterocycles. The summed E-state index contributed by atoms with van der Waals surface area (Å²) in [7, 11) is 0. The van der Waals surface area contributed by atoms with Crippen LogP contribution in [0.3, 0.4) is 0 Å². The number of hydrogen-bond donors (Lipinski definition) is 1. The van der Waals surface area contributed by atoms with Gasteiger partial charge in [-0.05, 0) is 46.1 Å². The summed E-state index contributed by atoms with van der Waals surface area (Å²) in [6, 6.07) is 0. The summed E-state index contributed by atoms with van der Waals surface area (Å²) in [4.78, 5) is 13.5. The van der Waals surface area contributed by atoms with Crippen molar-refractivity contribution in [1.82, 2.24) is 4.90 Å². The number of ether oxygens (including phenoxy) is 1. The van der Waals surface area contributed by atoms with Gasteiger partial charge in [-0.15, -0.1) is 0 Å². The van der Waals surface area contributed by atoms with Crippen LogP contribution in [-0.4, -0.2) is 47.8 Å². The lowest BCUT2D eigenvalue weighted by Gasteiger charge is -2.35. The number of esters is 1. The Labute approximate surface area is 110 Å². The second-order valence-corrected chi connectivity index (χ2v) is 5.45. The van der Waals surface area contributed by atoms with E-state index >= 15 is 0 Å². The zero-order chi connectivity index (χ0) is 13.4. The molecule has 0 aromatic carbocycles. The number of rotatable bonds is 7. The quantitative estimate of drug-likeness (QED) is 0.559. The van der Waals surface area contributed by atoms with E-state index in [0.29, 0.717) is 13.0 Å². The molecule has 0 saturated carbocycles. The van der Waals surface area contributed by atoms with E-state index in [9.17, 15) is 9.90 Å². The monoisotopic (exact) mass is 257 g/mol. The standard InChI is InChI=1S/C14H27NO3/c1-3-18-13(16)7-5-4-6-10-15-11-8-14(2,17)9-12-15/h17H,3-12H2,1-2H3. The van der Waals surface area contributed by atoms with Gasteiger partial charge in [-0.2, -0.15) is 0 Å². The molecular weight excluding hydrogens is 230 g/mol. The molecule has 0 aromatic rings. The van der Waals surface area contributed by atoms with Crippen LogP contribution >= 0.6 is 0 Å². The lowest BCUT2D eigenvalue weighted by atomic mass is 9.94. The summed E-state index contributed by atoms with van der Waals surface area (Å²) in [6.07, 6.45) is 5.41. The van der Waals surface area contributed by atoms with E-state index in [1.54, 1.807) is 0 Å². The second-order valence-electron chi connectivity index (χ2n) is 5.45. The van der Waals surface area contributed by atoms with Crippen LogP contribution in [0.4, 0.5) is 0 Å². The molecule has 18 heavy (non-hydrogen) atoms. The van der Waals surface area contributed by atoms with Crippen molar-refractivity contribution in [3.8, 4) is 0 Å². The molecule has 0 unspecified atom stereocenters. The zero-order valence-corrected chi connectivity index (χ0v) is 11.8. The molecule has 1 rings (SSSR count). The normalized spacial score (nSPS) is 19.7. The van der Waals surface area contributed by atoms with Crippen LogP contribution < -0.4 is 0 Å². The minimum Gasteiger partial charge on any atom is -0.466 e. The van der Waals surface area contributed by atoms with Crippen LogP contribution in [0.15, 0.2) is 0 Å². The number of aliphatic hydroxyl groups is 1. The van der Waals surface area contributed by atoms with Gasteiger partial charge in [0.1, 0.15) is 0 Å². The third-order valence-electron chi connectivity index (χ3n) is 3.59. The number of piperidine rings is 1. The highest BCUT2D eigenvalue weighted by Gasteiger charge is 2.26. The molecule has 1 saturated heterocycles. The Kier molecular flexibility index (Phi) is 6.65. The van der Waals surface area contributed by atoms with E-state index in [1.807, 2.05) is 13.8 Å². The Bertz CT molecular complexity index is 243. The van der Waals surface area contributed by atoms with Crippen molar-refractivity contribution < 1.29 is 14.6 Å². The highest BCUT2D eigenvalue weighted by molar-refractivity contribution is 5.69. The Morgan fingerprint density at radius 3 is 2.56 bits per heavy atom. The number of hydrogen-bond acceptors (Lipinski definition) is 4. The molecule has 0 radical (unpaired) electrons. The minimum absolute atomic E-state index is 0.0773. The van der Waals surface area contributed by atoms with Gasteiger partial charge in [0.25, 0.3) is 0 Å². The van der Waals surface area contributed by atoms with E-state index in [2.05, 4.69) is 4.90 Å². The molecule has 1 aliphatic rings. The summed E-state index contributed by atoms with van der Waals surface area (Å²) in [5.74, 6) is -0.0773. The summed E-state index contributed by atoms with van der Waals surface area (Å²) >= 11 is 0. The van der Waals surface area contributed by atoms with Crippen LogP contribution in [0.2, 0.25) is 0 Å². The summed E-state index contributed by atoms with van der Waals surface area (Å²) < 4.78 is 4.88. The van der Waals surface area contributed by atoms with Gasteiger partial charge in [-0.1, -0.05) is 6.42 Å². The van der Waals surface area contributed by atoms with E-state index < -0.39 is 5.60 Å². The lowest BCUT2D eigenvalue weighted by Crippen LogP contribution is -2.42. The molecule has 4 nitrogen and oxygen atoms in total. The third kappa shape index (κ3) is 6.36. The van der Waals surface area contributed by atoms with Crippen LogP contribution in [0.5, 0.6) is 0 Å². The molecule has 1 heterocycles. The first-order chi connectivity index (χ1) is 8.53. The van der Waals surface area contributed by atoms with Gasteiger partial charge >= 0.3 is 5.97 Å². The average Bonchev–Trinajstić information content (AvgIpc) is 2.31. The van der Waals surface area contributed by atoms with Gasteiger partial charge < -0.3 is 14.7 Å². The van der Waals surface area contributed by atoms with Crippen molar-refractivity contribution in [2.24, 2.45) is 0 Å². The van der Waals surface area contributed by atoms with E-state index in [1.165, 1.54) is 0 Å². The molecule has 1 aliphatic heterocycles. The molecule has 0 aliphatic carbocycles. The molecule has 0 amide bonds. The zero-order valence-electron chi connectivity index (χ0n) is 11.8. The SMILES string of the molecule is CCOC(=O)CCCCCN1CCC(C)(O)CC1. The number of nitrogens with zero attached hydrogens (tertiary/aromatic N) is 1. The van der Waals surface area contributed by atoms with Crippen molar-refractivity contribution in [2.45, 2.75) is 58.0 Å². The average molecular weight is 257 g/mol. The topological polar surface area (TPSA) is 49.8 Å². The third-order valence-corrected chi connectivity index (χ3v) is 3.59. The van der Waals surface area contributed by atoms with Gasteiger partial charge in [0, 0.05) is 19.5 Å². The van der Waals surface area contributed by atoms with E-state index in [-0.39, 0.29) is 5.97 Å². The summed E-state index contributed by atoms with van der Waals surface area (Å²) in [5.41, 5.74) is -0.458. The number of carbonyl (C=O) groups excluding carboxylic acids is 1. The first-order valence-electron chi connectivity index (χ1n) is 7.14. The van der Waals surface area contributed by atoms with Crippen molar-refractivity contribution in [2.75, 3.05) is 26.2 Å². The van der Waals surface area contributed by atoms with Crippen molar-refractivity contribution in [3.63, 3.8) is 0 Å². The smallest absolute Gasteiger partial charge is 0.305 e. The Balaban J connectivity index is 1.97. The highest BCUT2D eigenvalue weighted by Crippen LogP contribution is 2.21. The maximum atomic E-state index is 11.1. The molecular formula is C14H27NO3. The van der Waals surface area contributed by atoms with Gasteiger partial charge in [-0.3, -0.25) is 4.79 Å². The maximum Gasteiger partial charge on any atom is 0.305 e. The van der Waals surface area contributed by atoms with Crippen LogP contribution in [0, 0.1) is 0 Å². The molecule has 4 heteroatoms. The van der Waals surface area contributed by atoms with Crippen LogP contribution in [0.25, 0.3) is 0 Å². The molecule has 1 N–H and O–H groups in total. The van der Waals surface area contributed by atoms with Gasteiger partial charge in [0.05, 0.1) is 12.2 Å². The van der Waals surface area contributed by atoms with Gasteiger partial charge in [-0.25, -0.2) is 0 Å². The Morgan fingerprint density at radius 1 is 1.28 bits per heavy atom. The predicted molar refractivity (Wildman–Crippen MR) is 71.4 cm³/mol. The molecule has 106 valence electrons. The Hall–Kier alpha value is -0.610. The highest BCUT2D eigenvalue weighted by atomic mass is 16.5. The van der Waals surface area contributed by atoms with Gasteiger partial charge in [0.15, 0.2) is 0 Å². The van der Waals surface area contributed by atoms with Crippen molar-refractivity contribution in [1.29, 1.82) is 0 Å². The van der Waals surface area contributed by atoms with E-state index in [0.717, 1.165) is 51.7 Å². The maximum absolute atomic E-state index is 11.1. The number of unbranched alkanes of at least 4 members (excludes halogenated alkanes) is 2. The van der Waals surface area contributed by atoms with Crippen LogP contribution in [-0.2, 0) is 9.53 Å². The summed E-state index contributed by atoms with van der Waals surface area (Å²) in [5, 5.41) is 9.84. The van der Waals surface area contributed by atoms with Gasteiger partial charge in [0.2, 0.25) is 0 Å². The Morgan fingerprint density at radius 2 is 1.94 bits per heavy atom. The number of carbonyl (C=O) groups is 1. The molecule has 0 atom stereocenters. The van der Waals surface area contributed by atoms with E-state index in [4.69, 9.17) is 4.74 Å². The van der Waals surface area contributed by atoms with Crippen LogP contribution in [0.1, 0.15) is 52.4 Å². The van der Waals surface area contributed by atoms with Crippen molar-refractivity contribution in [3.05, 3.63) is 0 Å². The fourth-order valence-electron chi connectivity index (χ4n) is 2.27. The summed E-state index contributed by atoms with van der Waals surface area (Å²) in [6.45, 7) is 7.30. The number of likely N-dealkylation sites (tertiary alicyclic amines) is 1. The molecule has 0 bridgehead atoms. The molecule has 1 fully saturated rings. The predicted octanol–water partition coefficient (Wildman–Crippen LogP) is 1.96. The lowest BCUT2D eigenvalue weighted by molar-refractivity contribution is -0.143. The molecule has 0 spiro atoms. The first kappa shape index (κ1) is 15.4. The van der Waals surface area contributed by atoms with Crippen molar-refractivity contribution >= 4 is 5.97 Å².